The summed E-state index contributed by atoms with van der Waals surface area (Å²) in [6, 6.07) is 6.56. The van der Waals surface area contributed by atoms with E-state index in [2.05, 4.69) is 17.6 Å². The number of carboxylic acids is 3. The largest absolute Gasteiger partial charge is 0.480 e. The quantitative estimate of drug-likeness (QED) is 0.205. The van der Waals surface area contributed by atoms with E-state index in [1.54, 1.807) is 14.7 Å². The van der Waals surface area contributed by atoms with Crippen LogP contribution in [0.5, 0.6) is 0 Å². The van der Waals surface area contributed by atoms with E-state index < -0.39 is 23.9 Å². The zero-order valence-corrected chi connectivity index (χ0v) is 23.1. The Hall–Kier alpha value is -3.13. The Balaban J connectivity index is 1.94. The van der Waals surface area contributed by atoms with Crippen LogP contribution >= 0.6 is 12.2 Å². The molecule has 13 heteroatoms. The Bertz CT molecular complexity index is 963. The van der Waals surface area contributed by atoms with Crippen LogP contribution in [0, 0.1) is 0 Å². The third-order valence-corrected chi connectivity index (χ3v) is 6.74. The summed E-state index contributed by atoms with van der Waals surface area (Å²) in [5, 5.41) is 34.3. The molecular formula is C26H39N5O7S. The number of carbonyl (C=O) groups excluding carboxylic acids is 1. The highest BCUT2D eigenvalue weighted by atomic mass is 32.1. The summed E-state index contributed by atoms with van der Waals surface area (Å²) in [5.41, 5.74) is 1.77. The monoisotopic (exact) mass is 565 g/mol. The maximum absolute atomic E-state index is 12.5. The molecule has 39 heavy (non-hydrogen) atoms. The van der Waals surface area contributed by atoms with Crippen molar-refractivity contribution in [3.8, 4) is 0 Å². The number of carboxylic acid groups (broad SMARTS) is 3. The molecule has 1 amide bonds. The van der Waals surface area contributed by atoms with E-state index in [1.807, 2.05) is 24.3 Å². The van der Waals surface area contributed by atoms with Gasteiger partial charge < -0.3 is 26.0 Å². The maximum Gasteiger partial charge on any atom is 0.320 e. The van der Waals surface area contributed by atoms with Crippen LogP contribution in [0.15, 0.2) is 24.3 Å². The first kappa shape index (κ1) is 32.1. The second-order valence-corrected chi connectivity index (χ2v) is 10.0. The van der Waals surface area contributed by atoms with Crippen LogP contribution in [0.25, 0.3) is 0 Å². The molecule has 1 heterocycles. The Morgan fingerprint density at radius 2 is 1.41 bits per heavy atom. The molecule has 1 aromatic carbocycles. The average molecular weight is 566 g/mol. The number of hydrogen-bond acceptors (Lipinski definition) is 8. The molecule has 0 aromatic heterocycles. The molecule has 12 nitrogen and oxygen atoms in total. The van der Waals surface area contributed by atoms with Crippen LogP contribution in [0.1, 0.15) is 38.2 Å². The van der Waals surface area contributed by atoms with Gasteiger partial charge in [-0.3, -0.25) is 33.9 Å². The standard InChI is InChI=1S/C26H39N5O7S/c1-2-3-23(39)28-20-6-4-19(5-7-20)16-27-22(32)9-8-21(26(37)38)31-14-12-29(17-24(33)34)10-11-30(13-15-31)18-25(35)36/h4-7,21H,2-3,8-18H2,1H3,(H,27,32)(H,28,39)(H,33,34)(H,35,36)(H,37,38)/t21-/m1/s1. The van der Waals surface area contributed by atoms with Gasteiger partial charge in [0.25, 0.3) is 0 Å². The molecule has 0 spiro atoms. The minimum absolute atomic E-state index is 0.00389. The van der Waals surface area contributed by atoms with Gasteiger partial charge in [-0.25, -0.2) is 0 Å². The van der Waals surface area contributed by atoms with Gasteiger partial charge in [-0.2, -0.15) is 0 Å². The van der Waals surface area contributed by atoms with Crippen LogP contribution in [0.2, 0.25) is 0 Å². The van der Waals surface area contributed by atoms with Gasteiger partial charge in [0.1, 0.15) is 6.04 Å². The highest BCUT2D eigenvalue weighted by Gasteiger charge is 2.28. The molecule has 1 fully saturated rings. The van der Waals surface area contributed by atoms with Crippen molar-refractivity contribution in [1.82, 2.24) is 20.0 Å². The second-order valence-electron chi connectivity index (χ2n) is 9.54. The van der Waals surface area contributed by atoms with E-state index in [0.29, 0.717) is 32.7 Å². The van der Waals surface area contributed by atoms with Crippen LogP contribution in [0.3, 0.4) is 0 Å². The van der Waals surface area contributed by atoms with Crippen molar-refractivity contribution in [2.45, 2.75) is 45.2 Å². The van der Waals surface area contributed by atoms with Crippen molar-refractivity contribution in [2.24, 2.45) is 0 Å². The van der Waals surface area contributed by atoms with Gasteiger partial charge in [0.2, 0.25) is 5.91 Å². The summed E-state index contributed by atoms with van der Waals surface area (Å²) in [6.45, 7) is 3.83. The topological polar surface area (TPSA) is 163 Å². The lowest BCUT2D eigenvalue weighted by Gasteiger charge is -2.30. The van der Waals surface area contributed by atoms with E-state index in [4.69, 9.17) is 12.2 Å². The van der Waals surface area contributed by atoms with Gasteiger partial charge >= 0.3 is 17.9 Å². The van der Waals surface area contributed by atoms with Crippen LogP contribution in [-0.4, -0.2) is 117 Å². The van der Waals surface area contributed by atoms with E-state index in [9.17, 15) is 34.5 Å². The van der Waals surface area contributed by atoms with E-state index in [1.165, 1.54) is 0 Å². The number of thiocarbonyl (C=S) groups is 1. The van der Waals surface area contributed by atoms with Gasteiger partial charge in [-0.1, -0.05) is 31.3 Å². The minimum Gasteiger partial charge on any atom is -0.480 e. The lowest BCUT2D eigenvalue weighted by molar-refractivity contribution is -0.144. The molecule has 2 rings (SSSR count). The van der Waals surface area contributed by atoms with E-state index in [-0.39, 0.29) is 44.9 Å². The first-order valence-corrected chi connectivity index (χ1v) is 13.5. The highest BCUT2D eigenvalue weighted by Crippen LogP contribution is 2.13. The molecule has 1 saturated heterocycles. The SMILES string of the molecule is CCCC(=S)Nc1ccc(CNC(=O)CC[C@H](C(=O)O)N2CCN(CC(=O)O)CCN(CC(=O)O)CC2)cc1. The molecular weight excluding hydrogens is 526 g/mol. The maximum atomic E-state index is 12.5. The van der Waals surface area contributed by atoms with Crippen molar-refractivity contribution in [1.29, 1.82) is 0 Å². The van der Waals surface area contributed by atoms with E-state index in [0.717, 1.165) is 29.1 Å². The number of aliphatic carboxylic acids is 3. The van der Waals surface area contributed by atoms with Crippen molar-refractivity contribution in [2.75, 3.05) is 57.7 Å². The van der Waals surface area contributed by atoms with Crippen LogP contribution in [-0.2, 0) is 25.7 Å². The Morgan fingerprint density at radius 3 is 1.90 bits per heavy atom. The van der Waals surface area contributed by atoms with Gasteiger partial charge in [0.05, 0.1) is 18.1 Å². The number of hydrogen-bond donors (Lipinski definition) is 5. The molecule has 0 saturated carbocycles. The summed E-state index contributed by atoms with van der Waals surface area (Å²) >= 11 is 5.27. The predicted molar refractivity (Wildman–Crippen MR) is 150 cm³/mol. The van der Waals surface area contributed by atoms with Crippen molar-refractivity contribution in [3.63, 3.8) is 0 Å². The number of anilines is 1. The Labute approximate surface area is 233 Å². The second kappa shape index (κ2) is 16.7. The Morgan fingerprint density at radius 1 is 0.872 bits per heavy atom. The van der Waals surface area contributed by atoms with Gasteiger partial charge in [0, 0.05) is 57.9 Å². The first-order chi connectivity index (χ1) is 18.6. The van der Waals surface area contributed by atoms with Crippen LogP contribution in [0.4, 0.5) is 5.69 Å². The molecule has 1 aromatic rings. The summed E-state index contributed by atoms with van der Waals surface area (Å²) in [5.74, 6) is -3.39. The summed E-state index contributed by atoms with van der Waals surface area (Å²) < 4.78 is 0. The molecule has 0 bridgehead atoms. The molecule has 5 N–H and O–H groups in total. The molecule has 1 atom stereocenters. The molecule has 216 valence electrons. The number of amides is 1. The fourth-order valence-electron chi connectivity index (χ4n) is 4.34. The van der Waals surface area contributed by atoms with Crippen LogP contribution < -0.4 is 10.6 Å². The minimum atomic E-state index is -1.08. The summed E-state index contributed by atoms with van der Waals surface area (Å²) in [4.78, 5) is 53.0. The fraction of sp³-hybridized carbons (Fsp3) is 0.577. The van der Waals surface area contributed by atoms with Gasteiger partial charge in [-0.15, -0.1) is 0 Å². The third-order valence-electron chi connectivity index (χ3n) is 6.43. The van der Waals surface area contributed by atoms with Crippen molar-refractivity contribution < 1.29 is 34.5 Å². The molecule has 1 aliphatic heterocycles. The zero-order chi connectivity index (χ0) is 28.8. The molecule has 1 aliphatic rings. The van der Waals surface area contributed by atoms with Crippen molar-refractivity contribution >= 4 is 46.7 Å². The summed E-state index contributed by atoms with van der Waals surface area (Å²) in [7, 11) is 0. The average Bonchev–Trinajstić information content (AvgIpc) is 2.95. The molecule has 0 unspecified atom stereocenters. The number of benzene rings is 1. The first-order valence-electron chi connectivity index (χ1n) is 13.1. The van der Waals surface area contributed by atoms with Gasteiger partial charge in [0.15, 0.2) is 0 Å². The molecule has 0 aliphatic carbocycles. The molecule has 0 radical (unpaired) electrons. The number of nitrogens with one attached hydrogen (secondary N) is 2. The smallest absolute Gasteiger partial charge is 0.320 e. The zero-order valence-electron chi connectivity index (χ0n) is 22.3. The number of carbonyl (C=O) groups is 4. The number of nitrogens with zero attached hydrogens (tertiary/aromatic N) is 3. The van der Waals surface area contributed by atoms with Crippen molar-refractivity contribution in [3.05, 3.63) is 29.8 Å². The lowest BCUT2D eigenvalue weighted by Crippen LogP contribution is -2.47. The Kier molecular flexibility index (Phi) is 13.8. The van der Waals surface area contributed by atoms with E-state index >= 15 is 0 Å². The number of rotatable bonds is 14. The third kappa shape index (κ3) is 12.5. The fourth-order valence-corrected chi connectivity index (χ4v) is 4.67. The lowest BCUT2D eigenvalue weighted by atomic mass is 10.1. The van der Waals surface area contributed by atoms with Gasteiger partial charge in [-0.05, 0) is 37.0 Å². The summed E-state index contributed by atoms with van der Waals surface area (Å²) in [6.07, 6.45) is 1.83. The highest BCUT2D eigenvalue weighted by molar-refractivity contribution is 7.80. The predicted octanol–water partition coefficient (Wildman–Crippen LogP) is 1.16. The normalized spacial score (nSPS) is 16.3.